The number of nitrogens with one attached hydrogen (secondary N) is 2. The number of para-hydroxylation sites is 1. The van der Waals surface area contributed by atoms with Crippen LogP contribution < -0.4 is 15.4 Å². The molecule has 1 aliphatic rings. The molecule has 1 amide bonds. The second-order valence-electron chi connectivity index (χ2n) is 7.92. The van der Waals surface area contributed by atoms with Crippen molar-refractivity contribution in [3.63, 3.8) is 0 Å². The summed E-state index contributed by atoms with van der Waals surface area (Å²) in [6.07, 6.45) is 0.936. The van der Waals surface area contributed by atoms with E-state index in [1.807, 2.05) is 55.1 Å². The van der Waals surface area contributed by atoms with E-state index in [2.05, 4.69) is 33.8 Å². The van der Waals surface area contributed by atoms with E-state index in [1.165, 1.54) is 0 Å². The predicted molar refractivity (Wildman–Crippen MR) is 120 cm³/mol. The Kier molecular flexibility index (Phi) is 7.71. The van der Waals surface area contributed by atoms with Crippen LogP contribution in [0.1, 0.15) is 31.4 Å². The molecule has 2 aromatic carbocycles. The third-order valence-corrected chi connectivity index (χ3v) is 5.16. The van der Waals surface area contributed by atoms with E-state index in [1.54, 1.807) is 7.05 Å². The van der Waals surface area contributed by atoms with E-state index in [0.29, 0.717) is 13.2 Å². The Bertz CT molecular complexity index is 851. The minimum Gasteiger partial charge on any atom is -0.489 e. The van der Waals surface area contributed by atoms with Gasteiger partial charge in [-0.2, -0.15) is 0 Å². The highest BCUT2D eigenvalue weighted by atomic mass is 16.5. The van der Waals surface area contributed by atoms with Crippen LogP contribution in [0, 0.1) is 5.92 Å². The van der Waals surface area contributed by atoms with Crippen molar-refractivity contribution in [2.24, 2.45) is 10.9 Å². The lowest BCUT2D eigenvalue weighted by Crippen LogP contribution is -2.45. The van der Waals surface area contributed by atoms with E-state index < -0.39 is 0 Å². The molecule has 160 valence electrons. The average molecular weight is 409 g/mol. The fourth-order valence-corrected chi connectivity index (χ4v) is 3.53. The topological polar surface area (TPSA) is 66.0 Å². The summed E-state index contributed by atoms with van der Waals surface area (Å²) in [6, 6.07) is 18.4. The first-order valence-electron chi connectivity index (χ1n) is 10.6. The van der Waals surface area contributed by atoms with Crippen LogP contribution in [0.3, 0.4) is 0 Å². The zero-order valence-electron chi connectivity index (χ0n) is 18.1. The van der Waals surface area contributed by atoms with E-state index in [-0.39, 0.29) is 17.9 Å². The molecule has 0 spiro atoms. The molecular weight excluding hydrogens is 376 g/mol. The van der Waals surface area contributed by atoms with E-state index in [9.17, 15) is 4.79 Å². The number of carbonyl (C=O) groups excluding carboxylic acids is 1. The van der Waals surface area contributed by atoms with E-state index >= 15 is 0 Å². The summed E-state index contributed by atoms with van der Waals surface area (Å²) in [5.41, 5.74) is 2.29. The van der Waals surface area contributed by atoms with Gasteiger partial charge in [-0.25, -0.2) is 0 Å². The smallest absolute Gasteiger partial charge is 0.225 e. The van der Waals surface area contributed by atoms with Gasteiger partial charge in [-0.3, -0.25) is 9.79 Å². The first kappa shape index (κ1) is 21.7. The lowest BCUT2D eigenvalue weighted by Gasteiger charge is -2.20. The number of rotatable bonds is 7. The van der Waals surface area contributed by atoms with Crippen LogP contribution in [0.5, 0.6) is 5.75 Å². The van der Waals surface area contributed by atoms with Crippen molar-refractivity contribution in [3.8, 4) is 5.75 Å². The Labute approximate surface area is 179 Å². The molecule has 1 aliphatic heterocycles. The molecule has 1 heterocycles. The molecule has 1 fully saturated rings. The van der Waals surface area contributed by atoms with Crippen molar-refractivity contribution >= 4 is 11.9 Å². The van der Waals surface area contributed by atoms with Gasteiger partial charge in [0.1, 0.15) is 12.4 Å². The van der Waals surface area contributed by atoms with Gasteiger partial charge in [0.2, 0.25) is 5.91 Å². The summed E-state index contributed by atoms with van der Waals surface area (Å²) in [5.74, 6) is 1.88. The number of nitrogens with zero attached hydrogens (tertiary/aromatic N) is 2. The lowest BCUT2D eigenvalue weighted by molar-refractivity contribution is -0.133. The van der Waals surface area contributed by atoms with Gasteiger partial charge >= 0.3 is 0 Å². The largest absolute Gasteiger partial charge is 0.489 e. The van der Waals surface area contributed by atoms with Crippen molar-refractivity contribution in [1.82, 2.24) is 15.5 Å². The monoisotopic (exact) mass is 408 g/mol. The third-order valence-electron chi connectivity index (χ3n) is 5.16. The first-order valence-corrected chi connectivity index (χ1v) is 10.6. The first-order chi connectivity index (χ1) is 14.5. The highest BCUT2D eigenvalue weighted by Gasteiger charge is 2.27. The van der Waals surface area contributed by atoms with Gasteiger partial charge in [0.05, 0.1) is 0 Å². The summed E-state index contributed by atoms with van der Waals surface area (Å²) in [4.78, 5) is 18.4. The van der Waals surface area contributed by atoms with Gasteiger partial charge in [0, 0.05) is 38.6 Å². The molecule has 0 saturated carbocycles. The quantitative estimate of drug-likeness (QED) is 0.546. The molecule has 1 unspecified atom stereocenters. The SMILES string of the molecule is CN=C(NCc1cccc(COc2ccccc2)c1)NC1CCN(C(=O)C(C)C)C1. The highest BCUT2D eigenvalue weighted by Crippen LogP contribution is 2.14. The summed E-state index contributed by atoms with van der Waals surface area (Å²) >= 11 is 0. The number of carbonyl (C=O) groups is 1. The van der Waals surface area contributed by atoms with Gasteiger partial charge in [-0.15, -0.1) is 0 Å². The van der Waals surface area contributed by atoms with Crippen molar-refractivity contribution in [2.75, 3.05) is 20.1 Å². The molecule has 0 aliphatic carbocycles. The molecule has 30 heavy (non-hydrogen) atoms. The van der Waals surface area contributed by atoms with Gasteiger partial charge in [-0.1, -0.05) is 56.3 Å². The molecule has 0 aromatic heterocycles. The van der Waals surface area contributed by atoms with Crippen LogP contribution in [0.25, 0.3) is 0 Å². The molecule has 6 heteroatoms. The third kappa shape index (κ3) is 6.24. The van der Waals surface area contributed by atoms with Crippen LogP contribution >= 0.6 is 0 Å². The summed E-state index contributed by atoms with van der Waals surface area (Å²) < 4.78 is 5.84. The summed E-state index contributed by atoms with van der Waals surface area (Å²) in [6.45, 7) is 6.62. The van der Waals surface area contributed by atoms with E-state index in [0.717, 1.165) is 42.3 Å². The number of hydrogen-bond donors (Lipinski definition) is 2. The Morgan fingerprint density at radius 3 is 2.67 bits per heavy atom. The number of hydrogen-bond acceptors (Lipinski definition) is 3. The highest BCUT2D eigenvalue weighted by molar-refractivity contribution is 5.81. The normalized spacial score (nSPS) is 16.6. The molecule has 2 aromatic rings. The number of likely N-dealkylation sites (tertiary alicyclic amines) is 1. The zero-order valence-corrected chi connectivity index (χ0v) is 18.1. The van der Waals surface area contributed by atoms with Crippen molar-refractivity contribution < 1.29 is 9.53 Å². The molecule has 0 radical (unpaired) electrons. The van der Waals surface area contributed by atoms with Crippen LogP contribution in [0.4, 0.5) is 0 Å². The average Bonchev–Trinajstić information content (AvgIpc) is 3.24. The number of aliphatic imine (C=N–C) groups is 1. The van der Waals surface area contributed by atoms with Gasteiger partial charge in [0.15, 0.2) is 5.96 Å². The van der Waals surface area contributed by atoms with Crippen LogP contribution in [-0.2, 0) is 17.9 Å². The molecular formula is C24H32N4O2. The second kappa shape index (κ2) is 10.7. The molecule has 1 saturated heterocycles. The predicted octanol–water partition coefficient (Wildman–Crippen LogP) is 3.19. The molecule has 2 N–H and O–H groups in total. The number of ether oxygens (including phenoxy) is 1. The van der Waals surface area contributed by atoms with Crippen molar-refractivity contribution in [1.29, 1.82) is 0 Å². The summed E-state index contributed by atoms with van der Waals surface area (Å²) in [5, 5.41) is 6.82. The van der Waals surface area contributed by atoms with Gasteiger partial charge in [-0.05, 0) is 29.7 Å². The van der Waals surface area contributed by atoms with Gasteiger partial charge in [0.25, 0.3) is 0 Å². The fourth-order valence-electron chi connectivity index (χ4n) is 3.53. The Balaban J connectivity index is 1.47. The van der Waals surface area contributed by atoms with Gasteiger partial charge < -0.3 is 20.3 Å². The van der Waals surface area contributed by atoms with Crippen LogP contribution in [0.15, 0.2) is 59.6 Å². The second-order valence-corrected chi connectivity index (χ2v) is 7.92. The minimum absolute atomic E-state index is 0.0411. The Morgan fingerprint density at radius 2 is 1.93 bits per heavy atom. The maximum Gasteiger partial charge on any atom is 0.225 e. The Morgan fingerprint density at radius 1 is 1.17 bits per heavy atom. The summed E-state index contributed by atoms with van der Waals surface area (Å²) in [7, 11) is 1.77. The maximum absolute atomic E-state index is 12.2. The molecule has 0 bridgehead atoms. The van der Waals surface area contributed by atoms with Crippen LogP contribution in [-0.4, -0.2) is 42.9 Å². The molecule has 6 nitrogen and oxygen atoms in total. The van der Waals surface area contributed by atoms with Crippen molar-refractivity contribution in [3.05, 3.63) is 65.7 Å². The molecule has 3 rings (SSSR count). The number of guanidine groups is 1. The zero-order chi connectivity index (χ0) is 21.3. The number of amides is 1. The number of benzene rings is 2. The molecule has 1 atom stereocenters. The Hall–Kier alpha value is -3.02. The minimum atomic E-state index is 0.0411. The van der Waals surface area contributed by atoms with Crippen molar-refractivity contribution in [2.45, 2.75) is 39.5 Å². The standard InChI is InChI=1S/C24H32N4O2/c1-18(2)23(29)28-13-12-21(16-28)27-24(25-3)26-15-19-8-7-9-20(14-19)17-30-22-10-5-4-6-11-22/h4-11,14,18,21H,12-13,15-17H2,1-3H3,(H2,25,26,27). The van der Waals surface area contributed by atoms with E-state index in [4.69, 9.17) is 4.74 Å². The van der Waals surface area contributed by atoms with Crippen LogP contribution in [0.2, 0.25) is 0 Å². The fraction of sp³-hybridized carbons (Fsp3) is 0.417. The maximum atomic E-state index is 12.2. The lowest BCUT2D eigenvalue weighted by atomic mass is 10.1.